The van der Waals surface area contributed by atoms with Crippen molar-refractivity contribution in [3.8, 4) is 0 Å². The minimum atomic E-state index is -0.858. The van der Waals surface area contributed by atoms with Gasteiger partial charge in [-0.25, -0.2) is 0 Å². The van der Waals surface area contributed by atoms with E-state index in [1.807, 2.05) is 27.1 Å². The molecule has 2 N–H and O–H groups in total. The normalized spacial score (nSPS) is 25.0. The number of hydrogen-bond donors (Lipinski definition) is 2. The molecule has 1 saturated carbocycles. The maximum absolute atomic E-state index is 12.3. The highest BCUT2D eigenvalue weighted by molar-refractivity contribution is 5.85. The van der Waals surface area contributed by atoms with E-state index in [9.17, 15) is 14.7 Å². The van der Waals surface area contributed by atoms with E-state index in [1.54, 1.807) is 4.68 Å². The molecule has 21 heavy (non-hydrogen) atoms. The lowest BCUT2D eigenvalue weighted by atomic mass is 9.95. The predicted octanol–water partition coefficient (Wildman–Crippen LogP) is 1.48. The van der Waals surface area contributed by atoms with E-state index >= 15 is 0 Å². The lowest BCUT2D eigenvalue weighted by molar-refractivity contribution is -0.146. The molecular formula is C15H23N3O3. The maximum atomic E-state index is 12.3. The molecule has 116 valence electrons. The predicted molar refractivity (Wildman–Crippen MR) is 77.4 cm³/mol. The molecule has 6 heteroatoms. The number of aromatic nitrogens is 2. The van der Waals surface area contributed by atoms with Crippen LogP contribution in [-0.2, 0) is 23.2 Å². The molecule has 6 nitrogen and oxygen atoms in total. The van der Waals surface area contributed by atoms with E-state index in [0.29, 0.717) is 25.3 Å². The molecule has 2 rings (SSSR count). The van der Waals surface area contributed by atoms with Crippen LogP contribution in [0, 0.1) is 24.7 Å². The summed E-state index contributed by atoms with van der Waals surface area (Å²) in [6.45, 7) is 4.34. The third-order valence-electron chi connectivity index (χ3n) is 4.46. The van der Waals surface area contributed by atoms with Crippen molar-refractivity contribution in [3.63, 3.8) is 0 Å². The minimum absolute atomic E-state index is 0.151. The Bertz CT molecular complexity index is 538. The summed E-state index contributed by atoms with van der Waals surface area (Å²) in [5, 5.41) is 16.4. The summed E-state index contributed by atoms with van der Waals surface area (Å²) in [5.41, 5.74) is 1.84. The molecule has 0 aromatic carbocycles. The number of carboxylic acids is 1. The molecule has 0 bridgehead atoms. The fourth-order valence-corrected chi connectivity index (χ4v) is 3.17. The first-order chi connectivity index (χ1) is 9.92. The van der Waals surface area contributed by atoms with E-state index in [-0.39, 0.29) is 5.91 Å². The van der Waals surface area contributed by atoms with Crippen molar-refractivity contribution in [2.24, 2.45) is 24.8 Å². The van der Waals surface area contributed by atoms with E-state index in [0.717, 1.165) is 17.7 Å². The van der Waals surface area contributed by atoms with Crippen LogP contribution in [0.2, 0.25) is 0 Å². The van der Waals surface area contributed by atoms with Crippen molar-refractivity contribution in [1.29, 1.82) is 0 Å². The number of carbonyl (C=O) groups excluding carboxylic acids is 1. The average molecular weight is 293 g/mol. The number of nitrogens with zero attached hydrogens (tertiary/aromatic N) is 2. The third kappa shape index (κ3) is 3.43. The number of carboxylic acid groups (broad SMARTS) is 1. The highest BCUT2D eigenvalue weighted by atomic mass is 16.4. The molecular weight excluding hydrogens is 270 g/mol. The number of aryl methyl sites for hydroxylation is 2. The Morgan fingerprint density at radius 1 is 1.43 bits per heavy atom. The largest absolute Gasteiger partial charge is 0.481 e. The summed E-state index contributed by atoms with van der Waals surface area (Å²) in [5.74, 6) is -1.64. The van der Waals surface area contributed by atoms with Crippen LogP contribution in [0.15, 0.2) is 6.20 Å². The summed E-state index contributed by atoms with van der Waals surface area (Å²) in [6, 6.07) is 0. The van der Waals surface area contributed by atoms with Gasteiger partial charge in [-0.3, -0.25) is 14.3 Å². The number of aliphatic carboxylic acids is 1. The molecule has 1 fully saturated rings. The SMILES string of the molecule is CCC1C[C@H](C(=O)NCc2cn(C)nc2C)[C@H](C(=O)O)C1. The van der Waals surface area contributed by atoms with Crippen LogP contribution in [0.3, 0.4) is 0 Å². The molecule has 0 saturated heterocycles. The maximum Gasteiger partial charge on any atom is 0.307 e. The number of rotatable bonds is 5. The van der Waals surface area contributed by atoms with Crippen LogP contribution in [-0.4, -0.2) is 26.8 Å². The summed E-state index contributed by atoms with van der Waals surface area (Å²) < 4.78 is 1.71. The highest BCUT2D eigenvalue weighted by Crippen LogP contribution is 2.38. The Balaban J connectivity index is 1.98. The first kappa shape index (κ1) is 15.5. The van der Waals surface area contributed by atoms with Gasteiger partial charge in [0.05, 0.1) is 17.5 Å². The highest BCUT2D eigenvalue weighted by Gasteiger charge is 2.41. The second-order valence-electron chi connectivity index (χ2n) is 5.93. The quantitative estimate of drug-likeness (QED) is 0.861. The van der Waals surface area contributed by atoms with E-state index < -0.39 is 17.8 Å². The topological polar surface area (TPSA) is 84.2 Å². The van der Waals surface area contributed by atoms with Gasteiger partial charge in [0.15, 0.2) is 0 Å². The molecule has 1 aromatic heterocycles. The molecule has 0 radical (unpaired) electrons. The van der Waals surface area contributed by atoms with Gasteiger partial charge in [-0.05, 0) is 25.7 Å². The summed E-state index contributed by atoms with van der Waals surface area (Å²) in [4.78, 5) is 23.6. The van der Waals surface area contributed by atoms with Gasteiger partial charge in [-0.1, -0.05) is 13.3 Å². The van der Waals surface area contributed by atoms with Crippen LogP contribution in [0.5, 0.6) is 0 Å². The molecule has 0 aliphatic heterocycles. The molecule has 1 unspecified atom stereocenters. The van der Waals surface area contributed by atoms with Crippen LogP contribution >= 0.6 is 0 Å². The Morgan fingerprint density at radius 2 is 2.10 bits per heavy atom. The first-order valence-corrected chi connectivity index (χ1v) is 7.42. The number of amides is 1. The standard InChI is InChI=1S/C15H23N3O3/c1-4-10-5-12(13(6-10)15(20)21)14(19)16-7-11-8-18(3)17-9(11)2/h8,10,12-13H,4-7H2,1-3H3,(H,16,19)(H,20,21)/t10?,12-,13+/m0/s1. The van der Waals surface area contributed by atoms with Gasteiger partial charge < -0.3 is 10.4 Å². The van der Waals surface area contributed by atoms with E-state index in [1.165, 1.54) is 0 Å². The van der Waals surface area contributed by atoms with Gasteiger partial charge in [-0.2, -0.15) is 5.10 Å². The second-order valence-corrected chi connectivity index (χ2v) is 5.93. The zero-order valence-electron chi connectivity index (χ0n) is 12.8. The third-order valence-corrected chi connectivity index (χ3v) is 4.46. The monoisotopic (exact) mass is 293 g/mol. The molecule has 1 amide bonds. The fraction of sp³-hybridized carbons (Fsp3) is 0.667. The van der Waals surface area contributed by atoms with Gasteiger partial charge in [-0.15, -0.1) is 0 Å². The number of carbonyl (C=O) groups is 2. The Hall–Kier alpha value is -1.85. The van der Waals surface area contributed by atoms with Crippen LogP contribution in [0.4, 0.5) is 0 Å². The van der Waals surface area contributed by atoms with Gasteiger partial charge in [0.2, 0.25) is 5.91 Å². The number of hydrogen-bond acceptors (Lipinski definition) is 3. The second kappa shape index (κ2) is 6.28. The van der Waals surface area contributed by atoms with Gasteiger partial charge >= 0.3 is 5.97 Å². The number of nitrogens with one attached hydrogen (secondary N) is 1. The Morgan fingerprint density at radius 3 is 2.62 bits per heavy atom. The van der Waals surface area contributed by atoms with Crippen LogP contribution < -0.4 is 5.32 Å². The molecule has 1 aliphatic carbocycles. The molecule has 1 aromatic rings. The van der Waals surface area contributed by atoms with Gasteiger partial charge in [0.25, 0.3) is 0 Å². The average Bonchev–Trinajstić information content (AvgIpc) is 2.99. The Kier molecular flexibility index (Phi) is 4.65. The summed E-state index contributed by atoms with van der Waals surface area (Å²) in [7, 11) is 1.83. The van der Waals surface area contributed by atoms with Crippen LogP contribution in [0.1, 0.15) is 37.4 Å². The molecule has 1 heterocycles. The summed E-state index contributed by atoms with van der Waals surface area (Å²) >= 11 is 0. The minimum Gasteiger partial charge on any atom is -0.481 e. The van der Waals surface area contributed by atoms with Crippen molar-refractivity contribution in [3.05, 3.63) is 17.5 Å². The molecule has 0 spiro atoms. The lowest BCUT2D eigenvalue weighted by Gasteiger charge is -2.15. The van der Waals surface area contributed by atoms with Crippen molar-refractivity contribution in [1.82, 2.24) is 15.1 Å². The van der Waals surface area contributed by atoms with Crippen molar-refractivity contribution in [2.75, 3.05) is 0 Å². The fourth-order valence-electron chi connectivity index (χ4n) is 3.17. The van der Waals surface area contributed by atoms with Crippen molar-refractivity contribution < 1.29 is 14.7 Å². The summed E-state index contributed by atoms with van der Waals surface area (Å²) in [6.07, 6.45) is 4.07. The van der Waals surface area contributed by atoms with E-state index in [2.05, 4.69) is 10.4 Å². The molecule has 1 aliphatic rings. The smallest absolute Gasteiger partial charge is 0.307 e. The first-order valence-electron chi connectivity index (χ1n) is 7.42. The van der Waals surface area contributed by atoms with Crippen molar-refractivity contribution >= 4 is 11.9 Å². The zero-order chi connectivity index (χ0) is 15.6. The zero-order valence-corrected chi connectivity index (χ0v) is 12.8. The Labute approximate surface area is 124 Å². The van der Waals surface area contributed by atoms with Gasteiger partial charge in [0.1, 0.15) is 0 Å². The van der Waals surface area contributed by atoms with E-state index in [4.69, 9.17) is 0 Å². The van der Waals surface area contributed by atoms with Crippen LogP contribution in [0.25, 0.3) is 0 Å². The van der Waals surface area contributed by atoms with Crippen molar-refractivity contribution in [2.45, 2.75) is 39.7 Å². The lowest BCUT2D eigenvalue weighted by Crippen LogP contribution is -2.35. The molecule has 3 atom stereocenters. The van der Waals surface area contributed by atoms with Gasteiger partial charge in [0, 0.05) is 25.4 Å².